The lowest BCUT2D eigenvalue weighted by atomic mass is 10.2. The highest BCUT2D eigenvalue weighted by Crippen LogP contribution is 2.02. The number of hydrogen-bond donors (Lipinski definition) is 2. The quantitative estimate of drug-likeness (QED) is 0.542. The smallest absolute Gasteiger partial charge is 0.342 e. The molecule has 0 spiro atoms. The first-order valence-electron chi connectivity index (χ1n) is 3.47. The van der Waals surface area contributed by atoms with E-state index in [0.717, 1.165) is 0 Å². The number of hydrogen-bond acceptors (Lipinski definition) is 5. The fourth-order valence-electron chi connectivity index (χ4n) is 0.705. The predicted molar refractivity (Wildman–Crippen MR) is 43.0 cm³/mol. The van der Waals surface area contributed by atoms with Crippen molar-refractivity contribution in [2.24, 2.45) is 10.8 Å². The van der Waals surface area contributed by atoms with E-state index in [4.69, 9.17) is 10.5 Å². The zero-order valence-electron chi connectivity index (χ0n) is 6.63. The van der Waals surface area contributed by atoms with Gasteiger partial charge >= 0.3 is 5.97 Å². The second-order valence-electron chi connectivity index (χ2n) is 2.04. The maximum Gasteiger partial charge on any atom is 0.342 e. The largest absolute Gasteiger partial charge is 0.462 e. The van der Waals surface area contributed by atoms with Gasteiger partial charge in [-0.3, -0.25) is 5.43 Å². The van der Waals surface area contributed by atoms with Crippen molar-refractivity contribution in [2.45, 2.75) is 6.92 Å². The standard InChI is InChI=1S/C7H9N3O2/c1-2-12-7(11)5-3-4-9-10-6(5)8/h3,10H,2,8H2,1H3. The van der Waals surface area contributed by atoms with Gasteiger partial charge in [-0.25, -0.2) is 4.79 Å². The summed E-state index contributed by atoms with van der Waals surface area (Å²) in [5.74, 6) is 2.17. The van der Waals surface area contributed by atoms with Gasteiger partial charge in [-0.2, -0.15) is 0 Å². The van der Waals surface area contributed by atoms with Gasteiger partial charge in [0.1, 0.15) is 11.4 Å². The Kier molecular flexibility index (Phi) is 2.50. The number of nitrogens with one attached hydrogen (secondary N) is 1. The SMILES string of the molecule is CCOC(=O)C1=C(N)NN=C=C1. The van der Waals surface area contributed by atoms with E-state index >= 15 is 0 Å². The molecule has 5 heteroatoms. The zero-order valence-corrected chi connectivity index (χ0v) is 6.63. The molecule has 0 unspecified atom stereocenters. The van der Waals surface area contributed by atoms with Crippen LogP contribution in [0.1, 0.15) is 6.92 Å². The normalized spacial score (nSPS) is 14.4. The summed E-state index contributed by atoms with van der Waals surface area (Å²) in [5.41, 5.74) is 8.08. The molecule has 12 heavy (non-hydrogen) atoms. The maximum absolute atomic E-state index is 11.1. The molecule has 0 saturated heterocycles. The van der Waals surface area contributed by atoms with Crippen LogP contribution in [0.25, 0.3) is 0 Å². The summed E-state index contributed by atoms with van der Waals surface area (Å²) in [6.07, 6.45) is 1.38. The molecule has 0 amide bonds. The number of nitrogens with zero attached hydrogens (tertiary/aromatic N) is 1. The van der Waals surface area contributed by atoms with Gasteiger partial charge in [0.15, 0.2) is 0 Å². The Hall–Kier alpha value is -1.74. The van der Waals surface area contributed by atoms with Crippen molar-refractivity contribution in [1.82, 2.24) is 5.43 Å². The van der Waals surface area contributed by atoms with Crippen molar-refractivity contribution >= 4 is 11.8 Å². The van der Waals surface area contributed by atoms with Gasteiger partial charge in [-0.1, -0.05) is 0 Å². The molecule has 1 rings (SSSR count). The van der Waals surface area contributed by atoms with Gasteiger partial charge in [0.2, 0.25) is 0 Å². The minimum absolute atomic E-state index is 0.187. The Morgan fingerprint density at radius 3 is 3.25 bits per heavy atom. The molecule has 64 valence electrons. The van der Waals surface area contributed by atoms with Crippen molar-refractivity contribution in [1.29, 1.82) is 0 Å². The highest BCUT2D eigenvalue weighted by molar-refractivity contribution is 5.95. The van der Waals surface area contributed by atoms with Crippen LogP contribution in [0.15, 0.2) is 22.6 Å². The average Bonchev–Trinajstić information content (AvgIpc) is 2.05. The number of rotatable bonds is 2. The van der Waals surface area contributed by atoms with E-state index in [1.54, 1.807) is 6.92 Å². The van der Waals surface area contributed by atoms with Crippen LogP contribution >= 0.6 is 0 Å². The maximum atomic E-state index is 11.1. The summed E-state index contributed by atoms with van der Waals surface area (Å²) in [5, 5.41) is 3.50. The predicted octanol–water partition coefficient (Wildman–Crippen LogP) is -0.536. The summed E-state index contributed by atoms with van der Waals surface area (Å²) in [7, 11) is 0. The van der Waals surface area contributed by atoms with Gasteiger partial charge in [0.25, 0.3) is 0 Å². The van der Waals surface area contributed by atoms with E-state index in [0.29, 0.717) is 6.61 Å². The van der Waals surface area contributed by atoms with Gasteiger partial charge in [0.05, 0.1) is 6.61 Å². The molecule has 0 bridgehead atoms. The number of esters is 1. The third-order valence-electron chi connectivity index (χ3n) is 1.24. The number of ether oxygens (including phenoxy) is 1. The molecule has 0 saturated carbocycles. The fourth-order valence-corrected chi connectivity index (χ4v) is 0.705. The lowest BCUT2D eigenvalue weighted by Crippen LogP contribution is -2.23. The van der Waals surface area contributed by atoms with Gasteiger partial charge in [0, 0.05) is 11.9 Å². The number of hydrazone groups is 1. The van der Waals surface area contributed by atoms with E-state index < -0.39 is 5.97 Å². The van der Waals surface area contributed by atoms with Crippen LogP contribution < -0.4 is 11.2 Å². The van der Waals surface area contributed by atoms with Crippen molar-refractivity contribution in [3.05, 3.63) is 17.5 Å². The Balaban J connectivity index is 2.80. The van der Waals surface area contributed by atoms with E-state index in [-0.39, 0.29) is 11.4 Å². The van der Waals surface area contributed by atoms with Crippen LogP contribution in [0.2, 0.25) is 0 Å². The summed E-state index contributed by atoms with van der Waals surface area (Å²) < 4.78 is 4.72. The van der Waals surface area contributed by atoms with Crippen molar-refractivity contribution in [3.63, 3.8) is 0 Å². The third-order valence-corrected chi connectivity index (χ3v) is 1.24. The Labute approximate surface area is 69.6 Å². The van der Waals surface area contributed by atoms with Crippen LogP contribution in [0, 0.1) is 0 Å². The molecule has 3 N–H and O–H groups in total. The third kappa shape index (κ3) is 1.65. The molecule has 5 nitrogen and oxygen atoms in total. The number of carbonyl (C=O) groups is 1. The van der Waals surface area contributed by atoms with Crippen molar-refractivity contribution in [3.8, 4) is 0 Å². The van der Waals surface area contributed by atoms with Crippen LogP contribution in [0.3, 0.4) is 0 Å². The van der Waals surface area contributed by atoms with Crippen molar-refractivity contribution in [2.75, 3.05) is 6.61 Å². The minimum Gasteiger partial charge on any atom is -0.462 e. The van der Waals surface area contributed by atoms with Crippen LogP contribution in [-0.4, -0.2) is 18.4 Å². The van der Waals surface area contributed by atoms with Crippen LogP contribution in [0.5, 0.6) is 0 Å². The molecule has 1 aliphatic heterocycles. The Bertz CT molecular complexity index is 287. The molecule has 0 aromatic heterocycles. The number of carbonyl (C=O) groups excluding carboxylic acids is 1. The van der Waals surface area contributed by atoms with Crippen LogP contribution in [0.4, 0.5) is 0 Å². The molecule has 0 aliphatic carbocycles. The van der Waals surface area contributed by atoms with Gasteiger partial charge < -0.3 is 10.5 Å². The average molecular weight is 167 g/mol. The monoisotopic (exact) mass is 167 g/mol. The first kappa shape index (κ1) is 8.36. The molecule has 0 atom stereocenters. The zero-order chi connectivity index (χ0) is 8.97. The van der Waals surface area contributed by atoms with E-state index in [9.17, 15) is 4.79 Å². The first-order valence-corrected chi connectivity index (χ1v) is 3.47. The van der Waals surface area contributed by atoms with Gasteiger partial charge in [-0.15, -0.1) is 5.10 Å². The van der Waals surface area contributed by atoms with Crippen molar-refractivity contribution < 1.29 is 9.53 Å². The highest BCUT2D eigenvalue weighted by Gasteiger charge is 2.13. The van der Waals surface area contributed by atoms with Gasteiger partial charge in [-0.05, 0) is 6.92 Å². The van der Waals surface area contributed by atoms with E-state index in [2.05, 4.69) is 16.4 Å². The van der Waals surface area contributed by atoms with Crippen LogP contribution in [-0.2, 0) is 9.53 Å². The molecule has 0 radical (unpaired) electrons. The highest BCUT2D eigenvalue weighted by atomic mass is 16.5. The summed E-state index contributed by atoms with van der Waals surface area (Å²) in [6, 6.07) is 0. The molecule has 0 aromatic rings. The molecular weight excluding hydrogens is 158 g/mol. The second-order valence-corrected chi connectivity index (χ2v) is 2.04. The topological polar surface area (TPSA) is 76.7 Å². The minimum atomic E-state index is -0.468. The second kappa shape index (κ2) is 3.59. The fraction of sp³-hybridized carbons (Fsp3) is 0.286. The molecule has 1 aliphatic rings. The Morgan fingerprint density at radius 1 is 1.92 bits per heavy atom. The first-order chi connectivity index (χ1) is 5.75. The number of nitrogens with two attached hydrogens (primary N) is 1. The lowest BCUT2D eigenvalue weighted by molar-refractivity contribution is -0.138. The van der Waals surface area contributed by atoms with E-state index in [1.807, 2.05) is 0 Å². The molecule has 0 fully saturated rings. The molecular formula is C7H9N3O2. The van der Waals surface area contributed by atoms with E-state index in [1.165, 1.54) is 6.08 Å². The molecule has 0 aromatic carbocycles. The summed E-state index contributed by atoms with van der Waals surface area (Å²) in [4.78, 5) is 11.1. The lowest BCUT2D eigenvalue weighted by Gasteiger charge is -2.07. The summed E-state index contributed by atoms with van der Waals surface area (Å²) in [6.45, 7) is 2.04. The summed E-state index contributed by atoms with van der Waals surface area (Å²) >= 11 is 0. The molecule has 1 heterocycles. The Morgan fingerprint density at radius 2 is 2.67 bits per heavy atom.